The van der Waals surface area contributed by atoms with Gasteiger partial charge in [-0.2, -0.15) is 0 Å². The van der Waals surface area contributed by atoms with E-state index < -0.39 is 11.4 Å². The Hall–Kier alpha value is -4.07. The normalized spacial score (nSPS) is 18.7. The van der Waals surface area contributed by atoms with Crippen LogP contribution in [-0.2, 0) is 22.5 Å². The molecule has 2 aromatic carbocycles. The smallest absolute Gasteiger partial charge is 0.411 e. The number of benzene rings is 2. The number of ether oxygens (including phenoxy) is 2. The fourth-order valence-electron chi connectivity index (χ4n) is 5.73. The number of cyclic esters (lactones) is 1. The van der Waals surface area contributed by atoms with Crippen molar-refractivity contribution in [3.63, 3.8) is 0 Å². The van der Waals surface area contributed by atoms with Crippen molar-refractivity contribution in [2.24, 2.45) is 5.41 Å². The number of rotatable bonds is 9. The van der Waals surface area contributed by atoms with Crippen LogP contribution in [0.4, 0.5) is 10.6 Å². The Morgan fingerprint density at radius 3 is 2.39 bits per heavy atom. The van der Waals surface area contributed by atoms with E-state index in [1.54, 1.807) is 25.9 Å². The largest absolute Gasteiger partial charge is 0.496 e. The summed E-state index contributed by atoms with van der Waals surface area (Å²) >= 11 is 0. The lowest BCUT2D eigenvalue weighted by Crippen LogP contribution is -2.38. The van der Waals surface area contributed by atoms with Crippen LogP contribution in [0, 0.1) is 19.3 Å². The lowest BCUT2D eigenvalue weighted by molar-refractivity contribution is -0.146. The van der Waals surface area contributed by atoms with Crippen molar-refractivity contribution in [2.45, 2.75) is 66.2 Å². The summed E-state index contributed by atoms with van der Waals surface area (Å²) in [6.45, 7) is 11.7. The number of hydrogen-bond donors (Lipinski definition) is 1. The number of carbonyl (C=O) groups is 2. The van der Waals surface area contributed by atoms with Gasteiger partial charge in [0.15, 0.2) is 0 Å². The van der Waals surface area contributed by atoms with Crippen LogP contribution in [0.5, 0.6) is 5.75 Å². The van der Waals surface area contributed by atoms with Crippen molar-refractivity contribution in [2.75, 3.05) is 25.1 Å². The third kappa shape index (κ3) is 5.73. The summed E-state index contributed by atoms with van der Waals surface area (Å²) < 4.78 is 11.7. The van der Waals surface area contributed by atoms with E-state index in [9.17, 15) is 14.7 Å². The Bertz CT molecular complexity index is 1460. The van der Waals surface area contributed by atoms with Gasteiger partial charge in [0.1, 0.15) is 17.7 Å². The van der Waals surface area contributed by atoms with Gasteiger partial charge in [0.2, 0.25) is 0 Å². The van der Waals surface area contributed by atoms with Gasteiger partial charge in [-0.05, 0) is 82.9 Å². The van der Waals surface area contributed by atoms with Gasteiger partial charge in [-0.25, -0.2) is 9.78 Å². The fraction of sp³-hybridized carbons (Fsp3) is 0.424. The first kappa shape index (κ1) is 28.5. The second-order valence-corrected chi connectivity index (χ2v) is 12.0. The maximum Gasteiger partial charge on any atom is 0.411 e. The van der Waals surface area contributed by atoms with Crippen molar-refractivity contribution in [3.8, 4) is 16.9 Å². The molecule has 0 spiro atoms. The summed E-state index contributed by atoms with van der Waals surface area (Å²) in [4.78, 5) is 34.1. The van der Waals surface area contributed by atoms with E-state index in [4.69, 9.17) is 14.5 Å². The third-order valence-electron chi connectivity index (χ3n) is 8.20. The van der Waals surface area contributed by atoms with Gasteiger partial charge in [-0.1, -0.05) is 35.4 Å². The van der Waals surface area contributed by atoms with Crippen LogP contribution in [0.3, 0.4) is 0 Å². The van der Waals surface area contributed by atoms with Crippen molar-refractivity contribution in [3.05, 3.63) is 76.5 Å². The van der Waals surface area contributed by atoms with E-state index >= 15 is 0 Å². The molecule has 0 radical (unpaired) electrons. The molecule has 3 heterocycles. The van der Waals surface area contributed by atoms with Crippen molar-refractivity contribution < 1.29 is 24.2 Å². The molecule has 1 amide bonds. The molecule has 0 bridgehead atoms. The first-order valence-corrected chi connectivity index (χ1v) is 14.2. The standard InChI is InChI=1S/C33H39N3O5/c1-20-14-21(2)16-24(15-20)30-22(3)36(32(39)41-30)19-27-25(9-11-29(34-27)35-12-7-13-35)26-17-23(8-10-28(26)40-6)18-33(4,5)31(37)38/h8-11,14-17,22,30H,7,12-13,18-19H2,1-6H3,(H,37,38). The number of amides is 1. The molecule has 216 valence electrons. The molecule has 2 unspecified atom stereocenters. The molecule has 1 aromatic heterocycles. The van der Waals surface area contributed by atoms with Crippen molar-refractivity contribution >= 4 is 17.9 Å². The number of nitrogens with zero attached hydrogens (tertiary/aromatic N) is 3. The quantitative estimate of drug-likeness (QED) is 0.329. The lowest BCUT2D eigenvalue weighted by Gasteiger charge is -2.33. The zero-order valence-corrected chi connectivity index (χ0v) is 24.7. The van der Waals surface area contributed by atoms with Crippen LogP contribution in [0.1, 0.15) is 61.2 Å². The molecule has 5 rings (SSSR count). The summed E-state index contributed by atoms with van der Waals surface area (Å²) in [5, 5.41) is 9.70. The van der Waals surface area contributed by atoms with E-state index in [0.29, 0.717) is 12.2 Å². The minimum Gasteiger partial charge on any atom is -0.496 e. The van der Waals surface area contributed by atoms with Crippen LogP contribution in [0.15, 0.2) is 48.5 Å². The summed E-state index contributed by atoms with van der Waals surface area (Å²) in [5.41, 5.74) is 5.61. The van der Waals surface area contributed by atoms with Crippen LogP contribution in [-0.4, -0.2) is 53.3 Å². The van der Waals surface area contributed by atoms with Crippen molar-refractivity contribution in [1.29, 1.82) is 0 Å². The molecular weight excluding hydrogens is 518 g/mol. The summed E-state index contributed by atoms with van der Waals surface area (Å²) in [6.07, 6.45) is 0.745. The van der Waals surface area contributed by atoms with Gasteiger partial charge in [-0.3, -0.25) is 9.69 Å². The minimum absolute atomic E-state index is 0.199. The highest BCUT2D eigenvalue weighted by molar-refractivity contribution is 5.77. The van der Waals surface area contributed by atoms with E-state index in [1.165, 1.54) is 0 Å². The lowest BCUT2D eigenvalue weighted by atomic mass is 9.85. The van der Waals surface area contributed by atoms with Gasteiger partial charge >= 0.3 is 12.1 Å². The van der Waals surface area contributed by atoms with Gasteiger partial charge in [0, 0.05) is 24.2 Å². The van der Waals surface area contributed by atoms with Gasteiger partial charge in [-0.15, -0.1) is 0 Å². The molecule has 3 aromatic rings. The molecule has 2 saturated heterocycles. The molecule has 0 saturated carbocycles. The van der Waals surface area contributed by atoms with E-state index in [2.05, 4.69) is 23.1 Å². The van der Waals surface area contributed by atoms with E-state index in [0.717, 1.165) is 64.4 Å². The predicted octanol–water partition coefficient (Wildman–Crippen LogP) is 6.32. The Labute approximate surface area is 241 Å². The molecule has 2 fully saturated rings. The second-order valence-electron chi connectivity index (χ2n) is 12.0. The topological polar surface area (TPSA) is 92.2 Å². The average Bonchev–Trinajstić information content (AvgIpc) is 3.15. The van der Waals surface area contributed by atoms with Crippen molar-refractivity contribution in [1.82, 2.24) is 9.88 Å². The third-order valence-corrected chi connectivity index (χ3v) is 8.20. The molecule has 2 atom stereocenters. The number of methoxy groups -OCH3 is 1. The number of aliphatic carboxylic acids is 1. The summed E-state index contributed by atoms with van der Waals surface area (Å²) in [7, 11) is 1.62. The number of carboxylic acids is 1. The summed E-state index contributed by atoms with van der Waals surface area (Å²) in [6, 6.07) is 15.9. The molecule has 0 aliphatic carbocycles. The Morgan fingerprint density at radius 2 is 1.78 bits per heavy atom. The first-order chi connectivity index (χ1) is 19.5. The highest BCUT2D eigenvalue weighted by atomic mass is 16.6. The number of pyridine rings is 1. The zero-order chi connectivity index (χ0) is 29.5. The zero-order valence-electron chi connectivity index (χ0n) is 24.7. The number of aromatic nitrogens is 1. The monoisotopic (exact) mass is 557 g/mol. The number of anilines is 1. The minimum atomic E-state index is -0.924. The highest BCUT2D eigenvalue weighted by Crippen LogP contribution is 2.39. The number of hydrogen-bond acceptors (Lipinski definition) is 6. The molecule has 1 N–H and O–H groups in total. The van der Waals surface area contributed by atoms with Crippen LogP contribution >= 0.6 is 0 Å². The number of carbonyl (C=O) groups excluding carboxylic acids is 1. The number of carboxylic acid groups (broad SMARTS) is 1. The molecular formula is C33H39N3O5. The maximum atomic E-state index is 13.3. The van der Waals surface area contributed by atoms with Gasteiger partial charge in [0.05, 0.1) is 30.8 Å². The fourth-order valence-corrected chi connectivity index (χ4v) is 5.73. The Morgan fingerprint density at radius 1 is 1.07 bits per heavy atom. The Kier molecular flexibility index (Phi) is 7.68. The highest BCUT2D eigenvalue weighted by Gasteiger charge is 2.40. The average molecular weight is 558 g/mol. The number of aryl methyl sites for hydroxylation is 2. The van der Waals surface area contributed by atoms with E-state index in [-0.39, 0.29) is 24.8 Å². The van der Waals surface area contributed by atoms with Crippen LogP contribution < -0.4 is 9.64 Å². The molecule has 2 aliphatic rings. The van der Waals surface area contributed by atoms with Gasteiger partial charge < -0.3 is 19.5 Å². The predicted molar refractivity (Wildman–Crippen MR) is 158 cm³/mol. The first-order valence-electron chi connectivity index (χ1n) is 14.2. The second kappa shape index (κ2) is 11.1. The molecule has 8 nitrogen and oxygen atoms in total. The van der Waals surface area contributed by atoms with Gasteiger partial charge in [0.25, 0.3) is 0 Å². The summed E-state index contributed by atoms with van der Waals surface area (Å²) in [5.74, 6) is 0.686. The van der Waals surface area contributed by atoms with Crippen LogP contribution in [0.25, 0.3) is 11.1 Å². The maximum absolute atomic E-state index is 13.3. The molecule has 2 aliphatic heterocycles. The van der Waals surface area contributed by atoms with E-state index in [1.807, 2.05) is 51.1 Å². The SMILES string of the molecule is COc1ccc(CC(C)(C)C(=O)O)cc1-c1ccc(N2CCC2)nc1CN1C(=O)OC(c2cc(C)cc(C)c2)C1C. The molecule has 8 heteroatoms. The van der Waals surface area contributed by atoms with Crippen LogP contribution in [0.2, 0.25) is 0 Å². The Balaban J connectivity index is 1.53. The molecule has 41 heavy (non-hydrogen) atoms.